The SMILES string of the molecule is NCCCCC(N)C(=O)NC(CCCCN)C(=O)N[C@H](CCCN=C(N)N)C(=O)N1CCC[C@H]1C(=O)N1CC(O)C[C@H]1C(=O)NCC(=O)NC(C(=O)N[C@@H](CO)C(=O)N[C@@H]1CSc2ccccc2N(CC(=O)O)C1=O)C1Cc2ccccc2C1. The minimum atomic E-state index is -1.63. The smallest absolute Gasteiger partial charge is 0.323 e. The molecule has 84 heavy (non-hydrogen) atoms. The van der Waals surface area contributed by atoms with Crippen LogP contribution in [0.2, 0.25) is 0 Å². The van der Waals surface area contributed by atoms with E-state index in [2.05, 4.69) is 36.9 Å². The van der Waals surface area contributed by atoms with E-state index in [0.717, 1.165) is 20.9 Å². The first-order valence-electron chi connectivity index (χ1n) is 28.5. The number of hydrogen-bond acceptors (Lipinski definition) is 17. The third kappa shape index (κ3) is 18.0. The van der Waals surface area contributed by atoms with Gasteiger partial charge in [0.1, 0.15) is 48.8 Å². The molecule has 4 unspecified atom stereocenters. The number of carboxylic acid groups (broad SMARTS) is 1. The van der Waals surface area contributed by atoms with Gasteiger partial charge in [0.15, 0.2) is 5.96 Å². The largest absolute Gasteiger partial charge is 0.480 e. The number of nitrogens with zero attached hydrogens (tertiary/aromatic N) is 4. The van der Waals surface area contributed by atoms with E-state index in [1.165, 1.54) is 16.7 Å². The molecule has 3 aliphatic heterocycles. The van der Waals surface area contributed by atoms with Gasteiger partial charge in [-0.2, -0.15) is 0 Å². The number of aliphatic carboxylic acids is 1. The standard InChI is InChI=1S/C55H81N15O13S/c56-19-7-5-13-35(58)47(76)63-36(14-6-8-20-57)48(77)64-37(15-9-21-61-55(59)60)52(81)68-22-10-17-41(68)54(83)69-27-34(72)25-42(69)50(79)62-26-44(73)67-46(33-23-31-11-1-2-12-32(31)24-33)51(80)65-38(29-71)49(78)66-39-30-84-43-18-4-3-16-40(43)70(53(39)82)28-45(74)75/h1-4,11-12,16,18,33-39,41-42,46,71-72H,5-10,13-15,17,19-30,56-58H2,(H,62,79)(H,63,76)(H,64,77)(H,65,80)(H,66,78)(H,67,73)(H,74,75)(H4,59,60,61)/t34?,35?,36?,37-,38+,39-,41+,42+,46?/m1/s1. The van der Waals surface area contributed by atoms with E-state index in [-0.39, 0.29) is 63.5 Å². The molecule has 9 atom stereocenters. The molecule has 9 amide bonds. The number of aliphatic hydroxyl groups is 2. The number of benzene rings is 2. The Hall–Kier alpha value is -7.44. The summed E-state index contributed by atoms with van der Waals surface area (Å²) in [5, 5.41) is 46.7. The highest BCUT2D eigenvalue weighted by molar-refractivity contribution is 7.99. The number of carboxylic acids is 1. The van der Waals surface area contributed by atoms with Crippen LogP contribution < -0.4 is 65.5 Å². The van der Waals surface area contributed by atoms with Crippen LogP contribution in [-0.2, 0) is 60.8 Å². The van der Waals surface area contributed by atoms with Crippen LogP contribution in [0, 0.1) is 5.92 Å². The summed E-state index contributed by atoms with van der Waals surface area (Å²) in [6, 6.07) is 4.14. The first-order chi connectivity index (χ1) is 40.2. The van der Waals surface area contributed by atoms with E-state index in [9.17, 15) is 63.3 Å². The van der Waals surface area contributed by atoms with E-state index in [4.69, 9.17) is 28.7 Å². The van der Waals surface area contributed by atoms with Crippen LogP contribution in [0.5, 0.6) is 0 Å². The predicted octanol–water partition coefficient (Wildman–Crippen LogP) is -4.25. The summed E-state index contributed by atoms with van der Waals surface area (Å²) in [5.74, 6) is -8.76. The summed E-state index contributed by atoms with van der Waals surface area (Å²) >= 11 is 1.20. The molecule has 4 aliphatic rings. The monoisotopic (exact) mass is 1190 g/mol. The highest BCUT2D eigenvalue weighted by Crippen LogP contribution is 2.35. The third-order valence-electron chi connectivity index (χ3n) is 15.3. The van der Waals surface area contributed by atoms with E-state index < -0.39 is 139 Å². The van der Waals surface area contributed by atoms with Crippen molar-refractivity contribution in [3.8, 4) is 0 Å². The maximum atomic E-state index is 14.6. The lowest BCUT2D eigenvalue weighted by Crippen LogP contribution is -2.60. The van der Waals surface area contributed by atoms with Crippen molar-refractivity contribution in [2.75, 3.05) is 63.1 Å². The maximum absolute atomic E-state index is 14.6. The van der Waals surface area contributed by atoms with Crippen LogP contribution in [0.25, 0.3) is 0 Å². The number of nitrogens with two attached hydrogens (primary N) is 5. The summed E-state index contributed by atoms with van der Waals surface area (Å²) in [7, 11) is 0. The number of aliphatic imine (C=N–C) groups is 1. The van der Waals surface area contributed by atoms with Crippen LogP contribution in [-0.4, -0.2) is 203 Å². The van der Waals surface area contributed by atoms with Crippen molar-refractivity contribution >= 4 is 82.5 Å². The van der Waals surface area contributed by atoms with E-state index in [1.54, 1.807) is 24.3 Å². The van der Waals surface area contributed by atoms with Gasteiger partial charge >= 0.3 is 5.97 Å². The number of carbonyl (C=O) groups excluding carboxylic acids is 9. The number of unbranched alkanes of at least 4 members (excludes halogenated alkanes) is 2. The van der Waals surface area contributed by atoms with Gasteiger partial charge in [-0.3, -0.25) is 57.8 Å². The maximum Gasteiger partial charge on any atom is 0.323 e. The van der Waals surface area contributed by atoms with Gasteiger partial charge in [-0.1, -0.05) is 42.8 Å². The quantitative estimate of drug-likeness (QED) is 0.0200. The topological polar surface area (TPSA) is 456 Å². The zero-order chi connectivity index (χ0) is 61.0. The fourth-order valence-corrected chi connectivity index (χ4v) is 12.0. The molecule has 2 aromatic rings. The average molecular weight is 1190 g/mol. The lowest BCUT2D eigenvalue weighted by Gasteiger charge is -2.33. The van der Waals surface area contributed by atoms with Gasteiger partial charge in [0.05, 0.1) is 31.0 Å². The van der Waals surface area contributed by atoms with Crippen LogP contribution in [0.15, 0.2) is 58.4 Å². The average Bonchev–Trinajstić information content (AvgIpc) is 3.39. The molecular formula is C55H81N15O13S. The van der Waals surface area contributed by atoms with Crippen LogP contribution >= 0.6 is 11.8 Å². The van der Waals surface area contributed by atoms with Crippen molar-refractivity contribution in [1.29, 1.82) is 0 Å². The van der Waals surface area contributed by atoms with Crippen molar-refractivity contribution in [3.63, 3.8) is 0 Å². The zero-order valence-electron chi connectivity index (χ0n) is 47.0. The second-order valence-corrected chi connectivity index (χ2v) is 22.5. The summed E-state index contributed by atoms with van der Waals surface area (Å²) in [6.45, 7) is -1.65. The molecule has 0 saturated carbocycles. The number of fused-ring (bicyclic) bond motifs is 2. The lowest BCUT2D eigenvalue weighted by atomic mass is 9.95. The van der Waals surface area contributed by atoms with Crippen LogP contribution in [0.1, 0.15) is 81.8 Å². The number of β-amino-alcohol motifs (C(OH)–C–C–N with tert-alkyl or cyclic N) is 1. The molecule has 2 fully saturated rings. The third-order valence-corrected chi connectivity index (χ3v) is 16.4. The molecule has 6 rings (SSSR count). The van der Waals surface area contributed by atoms with Crippen molar-refractivity contribution in [2.45, 2.75) is 143 Å². The molecule has 0 aromatic heterocycles. The molecule has 29 heteroatoms. The molecule has 2 aromatic carbocycles. The van der Waals surface area contributed by atoms with Gasteiger partial charge in [-0.25, -0.2) is 0 Å². The van der Waals surface area contributed by atoms with Crippen LogP contribution in [0.4, 0.5) is 5.69 Å². The van der Waals surface area contributed by atoms with Gasteiger partial charge in [0.2, 0.25) is 47.3 Å². The van der Waals surface area contributed by atoms with Crippen molar-refractivity contribution in [3.05, 3.63) is 59.7 Å². The van der Waals surface area contributed by atoms with Gasteiger partial charge in [0.25, 0.3) is 5.91 Å². The van der Waals surface area contributed by atoms with Gasteiger partial charge in [0, 0.05) is 36.7 Å². The van der Waals surface area contributed by atoms with E-state index in [1.807, 2.05) is 24.3 Å². The number of carbonyl (C=O) groups is 10. The predicted molar refractivity (Wildman–Crippen MR) is 309 cm³/mol. The number of guanidine groups is 1. The zero-order valence-corrected chi connectivity index (χ0v) is 47.8. The molecule has 0 bridgehead atoms. The molecule has 0 spiro atoms. The molecule has 1 aliphatic carbocycles. The minimum absolute atomic E-state index is 0.00101. The van der Waals surface area contributed by atoms with Gasteiger partial charge in [-0.05, 0) is 113 Å². The number of thioether (sulfide) groups is 1. The Morgan fingerprint density at radius 1 is 0.750 bits per heavy atom. The second-order valence-electron chi connectivity index (χ2n) is 21.4. The van der Waals surface area contributed by atoms with Crippen LogP contribution in [0.3, 0.4) is 0 Å². The first kappa shape index (κ1) is 65.7. The fourth-order valence-electron chi connectivity index (χ4n) is 10.9. The highest BCUT2D eigenvalue weighted by Gasteiger charge is 2.46. The summed E-state index contributed by atoms with van der Waals surface area (Å²) in [6.07, 6.45) is 2.85. The number of aliphatic hydroxyl groups excluding tert-OH is 2. The fraction of sp³-hybridized carbons (Fsp3) is 0.582. The number of amides is 9. The number of anilines is 1. The van der Waals surface area contributed by atoms with Crippen molar-refractivity contribution in [1.82, 2.24) is 41.7 Å². The number of rotatable bonds is 30. The summed E-state index contributed by atoms with van der Waals surface area (Å²) in [5.41, 5.74) is 30.7. The molecule has 28 nitrogen and oxygen atoms in total. The van der Waals surface area contributed by atoms with E-state index >= 15 is 0 Å². The first-order valence-corrected chi connectivity index (χ1v) is 29.4. The number of para-hydroxylation sites is 1. The number of hydrogen-bond donors (Lipinski definition) is 14. The van der Waals surface area contributed by atoms with E-state index in [0.29, 0.717) is 75.0 Å². The molecule has 2 saturated heterocycles. The van der Waals surface area contributed by atoms with Crippen molar-refractivity contribution in [2.24, 2.45) is 39.6 Å². The molecule has 3 heterocycles. The Bertz CT molecular complexity index is 2690. The Morgan fingerprint density at radius 3 is 2.06 bits per heavy atom. The summed E-state index contributed by atoms with van der Waals surface area (Å²) in [4.78, 5) is 146. The Balaban J connectivity index is 1.12. The summed E-state index contributed by atoms with van der Waals surface area (Å²) < 4.78 is 0. The lowest BCUT2D eigenvalue weighted by molar-refractivity contribution is -0.148. The minimum Gasteiger partial charge on any atom is -0.480 e. The Kier molecular flexibility index (Phi) is 25.0. The normalized spacial score (nSPS) is 20.2. The molecule has 19 N–H and O–H groups in total. The number of likely N-dealkylation sites (tertiary alicyclic amines) is 2. The molecule has 0 radical (unpaired) electrons. The molecule has 460 valence electrons. The highest BCUT2D eigenvalue weighted by atomic mass is 32.2. The van der Waals surface area contributed by atoms with Gasteiger partial charge in [-0.15, -0.1) is 11.8 Å². The Morgan fingerprint density at radius 2 is 1.39 bits per heavy atom. The van der Waals surface area contributed by atoms with Crippen molar-refractivity contribution < 1.29 is 63.3 Å². The van der Waals surface area contributed by atoms with Gasteiger partial charge < -0.3 is 85.7 Å². The number of nitrogens with one attached hydrogen (secondary N) is 6. The molecular weight excluding hydrogens is 1110 g/mol. The second kappa shape index (κ2) is 32.0. The Labute approximate surface area is 490 Å².